The zero-order valence-electron chi connectivity index (χ0n) is 17.8. The highest BCUT2D eigenvalue weighted by Gasteiger charge is 2.32. The lowest BCUT2D eigenvalue weighted by atomic mass is 10.1. The summed E-state index contributed by atoms with van der Waals surface area (Å²) in [5.74, 6) is 0.422. The van der Waals surface area contributed by atoms with Gasteiger partial charge in [0.05, 0.1) is 18.7 Å². The first-order chi connectivity index (χ1) is 15.8. The van der Waals surface area contributed by atoms with Gasteiger partial charge in [-0.15, -0.1) is 0 Å². The normalized spacial score (nSPS) is 15.4. The fourth-order valence-electron chi connectivity index (χ4n) is 3.46. The second-order valence-electron chi connectivity index (χ2n) is 7.58. The topological polar surface area (TPSA) is 63.7 Å². The van der Waals surface area contributed by atoms with Crippen molar-refractivity contribution in [2.75, 3.05) is 18.0 Å². The van der Waals surface area contributed by atoms with Crippen molar-refractivity contribution in [3.63, 3.8) is 0 Å². The lowest BCUT2D eigenvalue weighted by Crippen LogP contribution is -2.44. The highest BCUT2D eigenvalue weighted by atomic mass is 19.4. The lowest BCUT2D eigenvalue weighted by molar-refractivity contribution is -0.137. The fourth-order valence-corrected chi connectivity index (χ4v) is 3.46. The number of nitrogens with one attached hydrogen (secondary N) is 1. The molecule has 1 aliphatic heterocycles. The van der Waals surface area contributed by atoms with Crippen molar-refractivity contribution in [1.82, 2.24) is 10.3 Å². The van der Waals surface area contributed by atoms with Crippen LogP contribution < -0.4 is 19.7 Å². The molecule has 1 aliphatic rings. The fraction of sp³-hybridized carbons (Fsp3) is 0.250. The van der Waals surface area contributed by atoms with Crippen LogP contribution in [0.2, 0.25) is 0 Å². The molecule has 6 nitrogen and oxygen atoms in total. The average molecular weight is 457 g/mol. The molecule has 3 aromatic rings. The zero-order valence-corrected chi connectivity index (χ0v) is 17.8. The summed E-state index contributed by atoms with van der Waals surface area (Å²) in [6.07, 6.45) is -4.87. The summed E-state index contributed by atoms with van der Waals surface area (Å²) < 4.78 is 50.7. The molecule has 2 heterocycles. The second-order valence-corrected chi connectivity index (χ2v) is 7.58. The molecule has 1 aromatic heterocycles. The van der Waals surface area contributed by atoms with E-state index in [-0.39, 0.29) is 18.3 Å². The van der Waals surface area contributed by atoms with Crippen molar-refractivity contribution >= 4 is 17.3 Å². The number of pyridine rings is 1. The molecule has 172 valence electrons. The van der Waals surface area contributed by atoms with Gasteiger partial charge in [0.15, 0.2) is 0 Å². The molecule has 0 aliphatic carbocycles. The Morgan fingerprint density at radius 1 is 1.12 bits per heavy atom. The minimum atomic E-state index is -4.41. The van der Waals surface area contributed by atoms with Gasteiger partial charge in [0.2, 0.25) is 17.7 Å². The number of amides is 1. The van der Waals surface area contributed by atoms with E-state index in [4.69, 9.17) is 9.47 Å². The van der Waals surface area contributed by atoms with Crippen molar-refractivity contribution in [2.24, 2.45) is 0 Å². The standard InChI is InChI=1S/C24H22F3N3O3/c1-16(31)28-13-20-14-30(19-9-7-18(8-10-19)24(25,26)27)21-11-12-22(29-23(21)33-20)32-15-17-5-3-2-4-6-17/h2-12,20H,13-15H2,1H3,(H,28,31). The Morgan fingerprint density at radius 2 is 1.85 bits per heavy atom. The molecule has 0 radical (unpaired) electrons. The Morgan fingerprint density at radius 3 is 2.52 bits per heavy atom. The number of hydrogen-bond donors (Lipinski definition) is 1. The predicted octanol–water partition coefficient (Wildman–Crippen LogP) is 4.71. The van der Waals surface area contributed by atoms with Crippen LogP contribution in [-0.2, 0) is 17.6 Å². The zero-order chi connectivity index (χ0) is 23.4. The van der Waals surface area contributed by atoms with Gasteiger partial charge in [-0.3, -0.25) is 4.79 Å². The second kappa shape index (κ2) is 9.40. The monoisotopic (exact) mass is 457 g/mol. The summed E-state index contributed by atoms with van der Waals surface area (Å²) in [6.45, 7) is 2.27. The molecule has 1 atom stereocenters. The smallest absolute Gasteiger partial charge is 0.416 e. The van der Waals surface area contributed by atoms with Gasteiger partial charge in [-0.25, -0.2) is 0 Å². The Balaban J connectivity index is 1.60. The van der Waals surface area contributed by atoms with Gasteiger partial charge in [-0.2, -0.15) is 18.2 Å². The number of hydrogen-bond acceptors (Lipinski definition) is 5. The van der Waals surface area contributed by atoms with Crippen LogP contribution in [0.3, 0.4) is 0 Å². The van der Waals surface area contributed by atoms with Crippen LogP contribution in [0.25, 0.3) is 0 Å². The third kappa shape index (κ3) is 5.54. The van der Waals surface area contributed by atoms with Gasteiger partial charge in [-0.05, 0) is 35.9 Å². The van der Waals surface area contributed by atoms with E-state index in [1.165, 1.54) is 19.1 Å². The van der Waals surface area contributed by atoms with Crippen molar-refractivity contribution in [2.45, 2.75) is 25.8 Å². The van der Waals surface area contributed by atoms with Gasteiger partial charge in [0.1, 0.15) is 18.4 Å². The number of benzene rings is 2. The molecule has 0 spiro atoms. The number of alkyl halides is 3. The molecule has 9 heteroatoms. The Kier molecular flexibility index (Phi) is 6.39. The van der Waals surface area contributed by atoms with E-state index < -0.39 is 17.8 Å². The van der Waals surface area contributed by atoms with Crippen LogP contribution in [0.15, 0.2) is 66.7 Å². The van der Waals surface area contributed by atoms with Gasteiger partial charge >= 0.3 is 6.18 Å². The number of rotatable bonds is 6. The summed E-state index contributed by atoms with van der Waals surface area (Å²) in [5, 5.41) is 2.71. The van der Waals surface area contributed by atoms with Gasteiger partial charge in [0.25, 0.3) is 0 Å². The van der Waals surface area contributed by atoms with E-state index in [1.54, 1.807) is 12.1 Å². The van der Waals surface area contributed by atoms with Crippen LogP contribution in [0, 0.1) is 0 Å². The van der Waals surface area contributed by atoms with Crippen LogP contribution in [0.1, 0.15) is 18.1 Å². The Hall–Kier alpha value is -3.75. The summed E-state index contributed by atoms with van der Waals surface area (Å²) in [5.41, 5.74) is 1.41. The number of ether oxygens (including phenoxy) is 2. The van der Waals surface area contributed by atoms with E-state index in [2.05, 4.69) is 10.3 Å². The number of aromatic nitrogens is 1. The summed E-state index contributed by atoms with van der Waals surface area (Å²) in [7, 11) is 0. The SMILES string of the molecule is CC(=O)NCC1CN(c2ccc(C(F)(F)F)cc2)c2ccc(OCc3ccccc3)nc2O1. The van der Waals surface area contributed by atoms with E-state index in [1.807, 2.05) is 35.2 Å². The van der Waals surface area contributed by atoms with Crippen LogP contribution in [-0.4, -0.2) is 30.1 Å². The molecule has 33 heavy (non-hydrogen) atoms. The Bertz CT molecular complexity index is 1110. The lowest BCUT2D eigenvalue weighted by Gasteiger charge is -2.35. The summed E-state index contributed by atoms with van der Waals surface area (Å²) in [6, 6.07) is 18.0. The first-order valence-electron chi connectivity index (χ1n) is 10.3. The van der Waals surface area contributed by atoms with Crippen molar-refractivity contribution < 1.29 is 27.4 Å². The number of nitrogens with zero attached hydrogens (tertiary/aromatic N) is 2. The molecular weight excluding hydrogens is 435 g/mol. The molecular formula is C24H22F3N3O3. The van der Waals surface area contributed by atoms with E-state index in [0.717, 1.165) is 17.7 Å². The maximum absolute atomic E-state index is 13.0. The molecule has 0 saturated heterocycles. The number of anilines is 2. The maximum atomic E-state index is 13.0. The molecule has 0 saturated carbocycles. The number of fused-ring (bicyclic) bond motifs is 1. The van der Waals surface area contributed by atoms with E-state index >= 15 is 0 Å². The van der Waals surface area contributed by atoms with Gasteiger partial charge in [0, 0.05) is 18.7 Å². The van der Waals surface area contributed by atoms with Crippen LogP contribution in [0.5, 0.6) is 11.8 Å². The Labute approximate surface area is 189 Å². The largest absolute Gasteiger partial charge is 0.473 e. The van der Waals surface area contributed by atoms with Crippen molar-refractivity contribution in [3.8, 4) is 11.8 Å². The number of carbonyl (C=O) groups excluding carboxylic acids is 1. The molecule has 0 bridgehead atoms. The molecule has 1 N–H and O–H groups in total. The van der Waals surface area contributed by atoms with Crippen LogP contribution >= 0.6 is 0 Å². The first-order valence-corrected chi connectivity index (χ1v) is 10.3. The molecule has 0 fully saturated rings. The van der Waals surface area contributed by atoms with Crippen molar-refractivity contribution in [1.29, 1.82) is 0 Å². The molecule has 2 aromatic carbocycles. The number of carbonyl (C=O) groups is 1. The summed E-state index contributed by atoms with van der Waals surface area (Å²) in [4.78, 5) is 17.6. The third-order valence-electron chi connectivity index (χ3n) is 5.08. The van der Waals surface area contributed by atoms with E-state index in [0.29, 0.717) is 30.4 Å². The van der Waals surface area contributed by atoms with Crippen molar-refractivity contribution in [3.05, 3.63) is 77.9 Å². The first kappa shape index (κ1) is 22.4. The van der Waals surface area contributed by atoms with Crippen LogP contribution in [0.4, 0.5) is 24.5 Å². The minimum absolute atomic E-state index is 0.210. The predicted molar refractivity (Wildman–Crippen MR) is 117 cm³/mol. The highest BCUT2D eigenvalue weighted by molar-refractivity contribution is 5.73. The minimum Gasteiger partial charge on any atom is -0.473 e. The molecule has 1 unspecified atom stereocenters. The number of halogens is 3. The average Bonchev–Trinajstić information content (AvgIpc) is 2.81. The molecule has 1 amide bonds. The maximum Gasteiger partial charge on any atom is 0.416 e. The van der Waals surface area contributed by atoms with Gasteiger partial charge in [-0.1, -0.05) is 30.3 Å². The van der Waals surface area contributed by atoms with E-state index in [9.17, 15) is 18.0 Å². The van der Waals surface area contributed by atoms with Gasteiger partial charge < -0.3 is 19.7 Å². The molecule has 4 rings (SSSR count). The highest BCUT2D eigenvalue weighted by Crippen LogP contribution is 2.39. The third-order valence-corrected chi connectivity index (χ3v) is 5.08. The quantitative estimate of drug-likeness (QED) is 0.581. The summed E-state index contributed by atoms with van der Waals surface area (Å²) >= 11 is 0.